The van der Waals surface area contributed by atoms with Gasteiger partial charge in [0.2, 0.25) is 0 Å². The van der Waals surface area contributed by atoms with Crippen molar-refractivity contribution in [1.82, 2.24) is 0 Å². The quantitative estimate of drug-likeness (QED) is 0.634. The lowest BCUT2D eigenvalue weighted by molar-refractivity contribution is -0.190. The molecule has 0 saturated carbocycles. The minimum absolute atomic E-state index is 0.244. The predicted molar refractivity (Wildman–Crippen MR) is 51.1 cm³/mol. The first-order chi connectivity index (χ1) is 7.00. The lowest BCUT2D eigenvalue weighted by atomic mass is 10.0. The Balaban J connectivity index is 2.63. The Labute approximate surface area is 88.7 Å². The second-order valence-electron chi connectivity index (χ2n) is 3.59. The van der Waals surface area contributed by atoms with Gasteiger partial charge in [-0.25, -0.2) is 0 Å². The number of rotatable bonds is 2. The predicted octanol–water partition coefficient (Wildman–Crippen LogP) is 0.659. The highest BCUT2D eigenvalue weighted by Crippen LogP contribution is 2.20. The molecule has 0 spiro atoms. The fourth-order valence-corrected chi connectivity index (χ4v) is 1.63. The maximum absolute atomic E-state index is 10.9. The monoisotopic (exact) mass is 216 g/mol. The number of esters is 2. The molecule has 0 aromatic rings. The van der Waals surface area contributed by atoms with E-state index in [4.69, 9.17) is 14.2 Å². The number of hydrogen-bond donors (Lipinski definition) is 0. The third-order valence-corrected chi connectivity index (χ3v) is 2.23. The van der Waals surface area contributed by atoms with Crippen LogP contribution in [0.5, 0.6) is 0 Å². The lowest BCUT2D eigenvalue weighted by Crippen LogP contribution is -2.47. The second-order valence-corrected chi connectivity index (χ2v) is 3.59. The van der Waals surface area contributed by atoms with Gasteiger partial charge >= 0.3 is 11.9 Å². The van der Waals surface area contributed by atoms with E-state index in [0.717, 1.165) is 0 Å². The molecule has 5 heteroatoms. The molecular formula is C10H16O5. The molecule has 0 N–H and O–H groups in total. The van der Waals surface area contributed by atoms with Crippen LogP contribution >= 0.6 is 0 Å². The van der Waals surface area contributed by atoms with Gasteiger partial charge < -0.3 is 14.2 Å². The summed E-state index contributed by atoms with van der Waals surface area (Å²) in [5, 5.41) is 0. The molecule has 1 unspecified atom stereocenters. The number of carbonyl (C=O) groups excluding carboxylic acids is 2. The summed E-state index contributed by atoms with van der Waals surface area (Å²) in [4.78, 5) is 21.7. The van der Waals surface area contributed by atoms with E-state index >= 15 is 0 Å². The molecule has 15 heavy (non-hydrogen) atoms. The molecule has 0 aliphatic carbocycles. The normalized spacial score (nSPS) is 30.7. The Morgan fingerprint density at radius 1 is 1.20 bits per heavy atom. The highest BCUT2D eigenvalue weighted by atomic mass is 16.6. The SMILES string of the molecule is CC(=O)OC1[C@@H](C)OCC[C@H]1OC(C)=O. The first-order valence-electron chi connectivity index (χ1n) is 4.96. The molecule has 86 valence electrons. The van der Waals surface area contributed by atoms with Crippen molar-refractivity contribution in [3.05, 3.63) is 0 Å². The molecule has 1 saturated heterocycles. The van der Waals surface area contributed by atoms with Crippen LogP contribution in [-0.2, 0) is 23.8 Å². The van der Waals surface area contributed by atoms with Crippen molar-refractivity contribution < 1.29 is 23.8 Å². The summed E-state index contributed by atoms with van der Waals surface area (Å²) in [5.74, 6) is -0.763. The van der Waals surface area contributed by atoms with Crippen molar-refractivity contribution in [2.45, 2.75) is 45.5 Å². The van der Waals surface area contributed by atoms with E-state index in [1.807, 2.05) is 0 Å². The van der Waals surface area contributed by atoms with Gasteiger partial charge in [-0.15, -0.1) is 0 Å². The van der Waals surface area contributed by atoms with Gasteiger partial charge in [0.25, 0.3) is 0 Å². The van der Waals surface area contributed by atoms with E-state index < -0.39 is 18.2 Å². The minimum atomic E-state index is -0.500. The summed E-state index contributed by atoms with van der Waals surface area (Å²) >= 11 is 0. The van der Waals surface area contributed by atoms with Crippen molar-refractivity contribution in [3.8, 4) is 0 Å². The van der Waals surface area contributed by atoms with Crippen LogP contribution in [0.1, 0.15) is 27.2 Å². The molecule has 1 aliphatic heterocycles. The topological polar surface area (TPSA) is 61.8 Å². The van der Waals surface area contributed by atoms with Crippen molar-refractivity contribution in [2.24, 2.45) is 0 Å². The molecule has 1 fully saturated rings. The standard InChI is InChI=1S/C10H16O5/c1-6-10(15-8(3)12)9(4-5-13-6)14-7(2)11/h6,9-10H,4-5H2,1-3H3/t6-,9-,10?/m1/s1. The van der Waals surface area contributed by atoms with E-state index in [9.17, 15) is 9.59 Å². The van der Waals surface area contributed by atoms with Gasteiger partial charge in [-0.05, 0) is 6.92 Å². The molecule has 1 rings (SSSR count). The molecule has 5 nitrogen and oxygen atoms in total. The zero-order valence-electron chi connectivity index (χ0n) is 9.19. The van der Waals surface area contributed by atoms with Crippen molar-refractivity contribution in [3.63, 3.8) is 0 Å². The fraction of sp³-hybridized carbons (Fsp3) is 0.800. The van der Waals surface area contributed by atoms with Crippen LogP contribution in [0, 0.1) is 0 Å². The molecule has 1 aliphatic rings. The van der Waals surface area contributed by atoms with Crippen LogP contribution in [-0.4, -0.2) is 36.9 Å². The van der Waals surface area contributed by atoms with E-state index in [1.54, 1.807) is 6.92 Å². The van der Waals surface area contributed by atoms with Crippen LogP contribution in [0.15, 0.2) is 0 Å². The van der Waals surface area contributed by atoms with Crippen LogP contribution in [0.25, 0.3) is 0 Å². The van der Waals surface area contributed by atoms with Crippen LogP contribution < -0.4 is 0 Å². The second kappa shape index (κ2) is 5.11. The Kier molecular flexibility index (Phi) is 4.08. The Hall–Kier alpha value is -1.10. The summed E-state index contributed by atoms with van der Waals surface area (Å²) in [6.07, 6.45) is -0.579. The number of carbonyl (C=O) groups is 2. The number of hydrogen-bond acceptors (Lipinski definition) is 5. The van der Waals surface area contributed by atoms with E-state index in [0.29, 0.717) is 13.0 Å². The average molecular weight is 216 g/mol. The summed E-state index contributed by atoms with van der Waals surface area (Å²) in [6.45, 7) is 4.97. The zero-order valence-corrected chi connectivity index (χ0v) is 9.19. The number of ether oxygens (including phenoxy) is 3. The average Bonchev–Trinajstić information content (AvgIpc) is 2.09. The summed E-state index contributed by atoms with van der Waals surface area (Å²) in [6, 6.07) is 0. The smallest absolute Gasteiger partial charge is 0.303 e. The van der Waals surface area contributed by atoms with Crippen molar-refractivity contribution in [1.29, 1.82) is 0 Å². The van der Waals surface area contributed by atoms with E-state index in [1.165, 1.54) is 13.8 Å². The van der Waals surface area contributed by atoms with Gasteiger partial charge in [0.1, 0.15) is 6.10 Å². The summed E-state index contributed by atoms with van der Waals surface area (Å²) in [7, 11) is 0. The maximum Gasteiger partial charge on any atom is 0.303 e. The molecule has 0 bridgehead atoms. The third-order valence-electron chi connectivity index (χ3n) is 2.23. The van der Waals surface area contributed by atoms with Gasteiger partial charge in [0.05, 0.1) is 12.7 Å². The highest BCUT2D eigenvalue weighted by molar-refractivity contribution is 5.67. The molecule has 0 aromatic carbocycles. The Morgan fingerprint density at radius 3 is 2.33 bits per heavy atom. The van der Waals surface area contributed by atoms with Gasteiger partial charge in [-0.1, -0.05) is 0 Å². The molecular weight excluding hydrogens is 200 g/mol. The molecule has 0 aromatic heterocycles. The summed E-state index contributed by atoms with van der Waals surface area (Å²) < 4.78 is 15.5. The maximum atomic E-state index is 10.9. The first kappa shape index (κ1) is 12.0. The van der Waals surface area contributed by atoms with Crippen LogP contribution in [0.2, 0.25) is 0 Å². The van der Waals surface area contributed by atoms with Crippen molar-refractivity contribution in [2.75, 3.05) is 6.61 Å². The van der Waals surface area contributed by atoms with Crippen LogP contribution in [0.4, 0.5) is 0 Å². The first-order valence-corrected chi connectivity index (χ1v) is 4.96. The molecule has 1 heterocycles. The molecule has 0 amide bonds. The lowest BCUT2D eigenvalue weighted by Gasteiger charge is -2.34. The summed E-state index contributed by atoms with van der Waals surface area (Å²) in [5.41, 5.74) is 0. The van der Waals surface area contributed by atoms with Gasteiger partial charge in [-0.3, -0.25) is 9.59 Å². The van der Waals surface area contributed by atoms with Gasteiger partial charge in [0, 0.05) is 20.3 Å². The van der Waals surface area contributed by atoms with Crippen LogP contribution in [0.3, 0.4) is 0 Å². The third kappa shape index (κ3) is 3.51. The largest absolute Gasteiger partial charge is 0.458 e. The molecule has 3 atom stereocenters. The minimum Gasteiger partial charge on any atom is -0.458 e. The van der Waals surface area contributed by atoms with Crippen molar-refractivity contribution >= 4 is 11.9 Å². The van der Waals surface area contributed by atoms with E-state index in [-0.39, 0.29) is 12.1 Å². The highest BCUT2D eigenvalue weighted by Gasteiger charge is 2.36. The Morgan fingerprint density at radius 2 is 1.80 bits per heavy atom. The van der Waals surface area contributed by atoms with Gasteiger partial charge in [-0.2, -0.15) is 0 Å². The van der Waals surface area contributed by atoms with E-state index in [2.05, 4.69) is 0 Å². The molecule has 0 radical (unpaired) electrons. The zero-order chi connectivity index (χ0) is 11.4. The fourth-order valence-electron chi connectivity index (χ4n) is 1.63. The van der Waals surface area contributed by atoms with Gasteiger partial charge in [0.15, 0.2) is 6.10 Å². The Bertz CT molecular complexity index is 250.